The minimum atomic E-state index is -0.687. The van der Waals surface area contributed by atoms with E-state index >= 15 is 0 Å². The van der Waals surface area contributed by atoms with Gasteiger partial charge in [-0.2, -0.15) is 0 Å². The van der Waals surface area contributed by atoms with Gasteiger partial charge in [0, 0.05) is 12.1 Å². The molecule has 0 aliphatic carbocycles. The first kappa shape index (κ1) is 23.5. The summed E-state index contributed by atoms with van der Waals surface area (Å²) in [7, 11) is 3.95. The van der Waals surface area contributed by atoms with Crippen molar-refractivity contribution in [1.29, 1.82) is 0 Å². The van der Waals surface area contributed by atoms with Gasteiger partial charge >= 0.3 is 0 Å². The summed E-state index contributed by atoms with van der Waals surface area (Å²) in [5.41, 5.74) is 2.70. The van der Waals surface area contributed by atoms with Crippen molar-refractivity contribution in [2.75, 3.05) is 20.6 Å². The first-order valence-electron chi connectivity index (χ1n) is 10.3. The highest BCUT2D eigenvalue weighted by Gasteiger charge is 2.26. The molecular formula is C24H32FN3O2. The van der Waals surface area contributed by atoms with E-state index in [2.05, 4.69) is 46.7 Å². The number of hydrogen-bond donors (Lipinski definition) is 2. The van der Waals surface area contributed by atoms with E-state index in [1.807, 2.05) is 27.9 Å². The van der Waals surface area contributed by atoms with Crippen LogP contribution in [0.5, 0.6) is 0 Å². The molecule has 5 nitrogen and oxygen atoms in total. The van der Waals surface area contributed by atoms with Crippen LogP contribution in [-0.2, 0) is 11.2 Å². The van der Waals surface area contributed by atoms with Crippen molar-refractivity contribution in [2.45, 2.75) is 39.3 Å². The Bertz CT molecular complexity index is 833. The lowest BCUT2D eigenvalue weighted by Crippen LogP contribution is -2.51. The average molecular weight is 414 g/mol. The van der Waals surface area contributed by atoms with Crippen LogP contribution in [-0.4, -0.2) is 43.4 Å². The summed E-state index contributed by atoms with van der Waals surface area (Å²) >= 11 is 0. The number of hydrogen-bond acceptors (Lipinski definition) is 3. The molecule has 0 unspecified atom stereocenters. The molecule has 2 aromatic carbocycles. The highest BCUT2D eigenvalue weighted by Crippen LogP contribution is 2.18. The van der Waals surface area contributed by atoms with Crippen LogP contribution in [0.3, 0.4) is 0 Å². The van der Waals surface area contributed by atoms with Crippen molar-refractivity contribution in [1.82, 2.24) is 15.5 Å². The normalized spacial score (nSPS) is 13.2. The van der Waals surface area contributed by atoms with Crippen LogP contribution in [0, 0.1) is 11.7 Å². The van der Waals surface area contributed by atoms with E-state index in [1.165, 1.54) is 29.8 Å². The second kappa shape index (κ2) is 10.9. The summed E-state index contributed by atoms with van der Waals surface area (Å²) in [5.74, 6) is -1.15. The van der Waals surface area contributed by atoms with Gasteiger partial charge in [0.2, 0.25) is 5.91 Å². The summed E-state index contributed by atoms with van der Waals surface area (Å²) in [5, 5.41) is 5.76. The zero-order chi connectivity index (χ0) is 22.3. The van der Waals surface area contributed by atoms with Crippen LogP contribution >= 0.6 is 0 Å². The number of carbonyl (C=O) groups is 2. The van der Waals surface area contributed by atoms with Crippen molar-refractivity contribution >= 4 is 11.8 Å². The lowest BCUT2D eigenvalue weighted by molar-refractivity contribution is -0.124. The van der Waals surface area contributed by atoms with Gasteiger partial charge in [0.25, 0.3) is 5.91 Å². The number of likely N-dealkylation sites (N-methyl/N-ethyl adjacent to an activating group) is 1. The SMILES string of the molecule is CCc1ccc([C@H](CNC(=O)[C@H](NC(=O)c2ccc(F)cc2)C(C)C)N(C)C)cc1. The van der Waals surface area contributed by atoms with Gasteiger partial charge in [-0.3, -0.25) is 9.59 Å². The Morgan fingerprint density at radius 2 is 1.60 bits per heavy atom. The van der Waals surface area contributed by atoms with Crippen molar-refractivity contribution in [2.24, 2.45) is 5.92 Å². The van der Waals surface area contributed by atoms with Gasteiger partial charge in [0.1, 0.15) is 11.9 Å². The largest absolute Gasteiger partial charge is 0.352 e. The smallest absolute Gasteiger partial charge is 0.251 e. The van der Waals surface area contributed by atoms with Gasteiger partial charge in [-0.05, 0) is 61.8 Å². The Morgan fingerprint density at radius 3 is 2.10 bits per heavy atom. The molecule has 0 fully saturated rings. The summed E-state index contributed by atoms with van der Waals surface area (Å²) in [6.07, 6.45) is 0.980. The molecule has 2 aromatic rings. The Kier molecular flexibility index (Phi) is 8.54. The van der Waals surface area contributed by atoms with E-state index in [9.17, 15) is 14.0 Å². The highest BCUT2D eigenvalue weighted by atomic mass is 19.1. The van der Waals surface area contributed by atoms with Crippen LogP contribution < -0.4 is 10.6 Å². The van der Waals surface area contributed by atoms with Crippen molar-refractivity contribution in [3.05, 3.63) is 71.0 Å². The second-order valence-electron chi connectivity index (χ2n) is 8.02. The fourth-order valence-electron chi connectivity index (χ4n) is 3.24. The summed E-state index contributed by atoms with van der Waals surface area (Å²) < 4.78 is 13.1. The molecule has 0 aliphatic rings. The summed E-state index contributed by atoms with van der Waals surface area (Å²) in [4.78, 5) is 27.4. The minimum Gasteiger partial charge on any atom is -0.352 e. The molecule has 0 heterocycles. The van der Waals surface area contributed by atoms with Gasteiger partial charge in [0.05, 0.1) is 6.04 Å². The van der Waals surface area contributed by atoms with Crippen molar-refractivity contribution in [3.8, 4) is 0 Å². The molecule has 0 saturated carbocycles. The first-order chi connectivity index (χ1) is 14.2. The van der Waals surface area contributed by atoms with Gasteiger partial charge < -0.3 is 15.5 Å². The molecule has 0 bridgehead atoms. The third kappa shape index (κ3) is 6.39. The maximum absolute atomic E-state index is 13.1. The summed E-state index contributed by atoms with van der Waals surface area (Å²) in [6.45, 7) is 6.29. The quantitative estimate of drug-likeness (QED) is 0.661. The highest BCUT2D eigenvalue weighted by molar-refractivity contribution is 5.97. The minimum absolute atomic E-state index is 0.0143. The third-order valence-corrected chi connectivity index (χ3v) is 5.21. The molecule has 2 atom stereocenters. The summed E-state index contributed by atoms with van der Waals surface area (Å²) in [6, 6.07) is 13.0. The number of carbonyl (C=O) groups excluding carboxylic acids is 2. The molecule has 30 heavy (non-hydrogen) atoms. The third-order valence-electron chi connectivity index (χ3n) is 5.21. The zero-order valence-electron chi connectivity index (χ0n) is 18.4. The average Bonchev–Trinajstić information content (AvgIpc) is 2.72. The van der Waals surface area contributed by atoms with Crippen molar-refractivity contribution < 1.29 is 14.0 Å². The molecule has 2 amide bonds. The molecule has 0 radical (unpaired) electrons. The first-order valence-corrected chi connectivity index (χ1v) is 10.3. The fraction of sp³-hybridized carbons (Fsp3) is 0.417. The van der Waals surface area contributed by atoms with Crippen LogP contribution in [0.2, 0.25) is 0 Å². The standard InChI is InChI=1S/C24H32FN3O2/c1-6-17-7-9-18(10-8-17)21(28(4)5)15-26-24(30)22(16(2)3)27-23(29)19-11-13-20(25)14-12-19/h7-14,16,21-22H,6,15H2,1-5H3,(H,26,30)(H,27,29)/t21-,22+/m0/s1. The van der Waals surface area contributed by atoms with Crippen molar-refractivity contribution in [3.63, 3.8) is 0 Å². The molecule has 0 saturated heterocycles. The molecule has 0 aromatic heterocycles. The van der Waals surface area contributed by atoms with E-state index in [4.69, 9.17) is 0 Å². The maximum Gasteiger partial charge on any atom is 0.251 e. The Morgan fingerprint density at radius 1 is 1.00 bits per heavy atom. The van der Waals surface area contributed by atoms with Gasteiger partial charge in [-0.15, -0.1) is 0 Å². The second-order valence-corrected chi connectivity index (χ2v) is 8.02. The number of aryl methyl sites for hydroxylation is 1. The van der Waals surface area contributed by atoms with E-state index in [1.54, 1.807) is 0 Å². The fourth-order valence-corrected chi connectivity index (χ4v) is 3.24. The number of halogens is 1. The van der Waals surface area contributed by atoms with Gasteiger partial charge in [-0.1, -0.05) is 45.0 Å². The molecule has 0 spiro atoms. The Labute approximate surface area is 178 Å². The van der Waals surface area contributed by atoms with Gasteiger partial charge in [-0.25, -0.2) is 4.39 Å². The lowest BCUT2D eigenvalue weighted by Gasteiger charge is -2.27. The van der Waals surface area contributed by atoms with Gasteiger partial charge in [0.15, 0.2) is 0 Å². The molecular weight excluding hydrogens is 381 g/mol. The predicted octanol–water partition coefficient (Wildman–Crippen LogP) is 3.56. The number of benzene rings is 2. The van der Waals surface area contributed by atoms with E-state index in [0.717, 1.165) is 12.0 Å². The molecule has 2 N–H and O–H groups in total. The molecule has 6 heteroatoms. The molecule has 2 rings (SSSR count). The lowest BCUT2D eigenvalue weighted by atomic mass is 10.0. The van der Waals surface area contributed by atoms with E-state index in [0.29, 0.717) is 12.1 Å². The van der Waals surface area contributed by atoms with Crippen LogP contribution in [0.4, 0.5) is 4.39 Å². The predicted molar refractivity (Wildman–Crippen MR) is 118 cm³/mol. The van der Waals surface area contributed by atoms with Crippen LogP contribution in [0.15, 0.2) is 48.5 Å². The maximum atomic E-state index is 13.1. The number of nitrogens with one attached hydrogen (secondary N) is 2. The Hall–Kier alpha value is -2.73. The monoisotopic (exact) mass is 413 g/mol. The van der Waals surface area contributed by atoms with Crippen LogP contribution in [0.1, 0.15) is 48.3 Å². The van der Waals surface area contributed by atoms with E-state index in [-0.39, 0.29) is 17.9 Å². The number of nitrogens with zero attached hydrogens (tertiary/aromatic N) is 1. The number of amides is 2. The number of rotatable bonds is 9. The topological polar surface area (TPSA) is 61.4 Å². The Balaban J connectivity index is 2.05. The molecule has 162 valence electrons. The van der Waals surface area contributed by atoms with E-state index < -0.39 is 17.8 Å². The van der Waals surface area contributed by atoms with Crippen LogP contribution in [0.25, 0.3) is 0 Å². The zero-order valence-corrected chi connectivity index (χ0v) is 18.4. The molecule has 0 aliphatic heterocycles.